The number of ether oxygens (including phenoxy) is 2. The van der Waals surface area contributed by atoms with Gasteiger partial charge in [-0.2, -0.15) is 0 Å². The maximum atomic E-state index is 12.2. The van der Waals surface area contributed by atoms with Crippen LogP contribution in [-0.4, -0.2) is 43.6 Å². The van der Waals surface area contributed by atoms with E-state index in [4.69, 9.17) is 9.47 Å². The molecule has 0 spiro atoms. The number of methoxy groups -OCH3 is 2. The predicted octanol–water partition coefficient (Wildman–Crippen LogP) is 3.12. The van der Waals surface area contributed by atoms with Crippen molar-refractivity contribution in [3.8, 4) is 11.5 Å². The van der Waals surface area contributed by atoms with Crippen LogP contribution < -0.4 is 9.47 Å². The first kappa shape index (κ1) is 18.5. The molecule has 25 heavy (non-hydrogen) atoms. The number of nitrogens with zero attached hydrogens (tertiary/aromatic N) is 2. The third kappa shape index (κ3) is 5.35. The van der Waals surface area contributed by atoms with Gasteiger partial charge in [-0.25, -0.2) is 0 Å². The molecule has 5 heteroatoms. The van der Waals surface area contributed by atoms with Crippen molar-refractivity contribution in [1.82, 2.24) is 9.88 Å². The van der Waals surface area contributed by atoms with Crippen LogP contribution in [0.15, 0.2) is 42.6 Å². The standard InChI is InChI=1S/C20H24N2O3/c1-15-5-6-17(14-21-15)8-10-20(23)22(2)12-11-16-7-9-18(24-3)19(13-16)25-4/h5-10,13-14H,11-12H2,1-4H3/b10-8+. The smallest absolute Gasteiger partial charge is 0.246 e. The van der Waals surface area contributed by atoms with Crippen LogP contribution in [0.1, 0.15) is 16.8 Å². The van der Waals surface area contributed by atoms with Gasteiger partial charge in [0, 0.05) is 31.6 Å². The van der Waals surface area contributed by atoms with Crippen molar-refractivity contribution in [1.29, 1.82) is 0 Å². The van der Waals surface area contributed by atoms with Crippen molar-refractivity contribution in [2.24, 2.45) is 0 Å². The molecule has 0 unspecified atom stereocenters. The van der Waals surface area contributed by atoms with Crippen LogP contribution in [-0.2, 0) is 11.2 Å². The van der Waals surface area contributed by atoms with Crippen molar-refractivity contribution in [3.63, 3.8) is 0 Å². The molecule has 0 saturated carbocycles. The van der Waals surface area contributed by atoms with E-state index in [1.807, 2.05) is 37.3 Å². The molecule has 0 bridgehead atoms. The van der Waals surface area contributed by atoms with Gasteiger partial charge >= 0.3 is 0 Å². The largest absolute Gasteiger partial charge is 0.493 e. The van der Waals surface area contributed by atoms with Crippen LogP contribution in [0.3, 0.4) is 0 Å². The first-order chi connectivity index (χ1) is 12.0. The van der Waals surface area contributed by atoms with E-state index < -0.39 is 0 Å². The highest BCUT2D eigenvalue weighted by Crippen LogP contribution is 2.27. The summed E-state index contributed by atoms with van der Waals surface area (Å²) in [7, 11) is 5.02. The highest BCUT2D eigenvalue weighted by atomic mass is 16.5. The topological polar surface area (TPSA) is 51.7 Å². The van der Waals surface area contributed by atoms with Gasteiger partial charge in [0.15, 0.2) is 11.5 Å². The molecule has 132 valence electrons. The van der Waals surface area contributed by atoms with Gasteiger partial charge in [0.2, 0.25) is 5.91 Å². The molecule has 0 radical (unpaired) electrons. The molecule has 0 saturated heterocycles. The van der Waals surface area contributed by atoms with Gasteiger partial charge < -0.3 is 14.4 Å². The number of hydrogen-bond acceptors (Lipinski definition) is 4. The second-order valence-corrected chi connectivity index (χ2v) is 5.77. The second kappa shape index (κ2) is 8.87. The maximum absolute atomic E-state index is 12.2. The number of carbonyl (C=O) groups is 1. The van der Waals surface area contributed by atoms with E-state index >= 15 is 0 Å². The van der Waals surface area contributed by atoms with Gasteiger partial charge in [-0.15, -0.1) is 0 Å². The van der Waals surface area contributed by atoms with Gasteiger partial charge in [0.05, 0.1) is 14.2 Å². The normalized spacial score (nSPS) is 10.7. The molecule has 1 aromatic heterocycles. The van der Waals surface area contributed by atoms with Crippen LogP contribution in [0, 0.1) is 6.92 Å². The molecule has 2 aromatic rings. The highest BCUT2D eigenvalue weighted by Gasteiger charge is 2.08. The summed E-state index contributed by atoms with van der Waals surface area (Å²) in [5.41, 5.74) is 2.95. The zero-order valence-corrected chi connectivity index (χ0v) is 15.2. The quantitative estimate of drug-likeness (QED) is 0.727. The fraction of sp³-hybridized carbons (Fsp3) is 0.300. The van der Waals surface area contributed by atoms with Crippen LogP contribution >= 0.6 is 0 Å². The summed E-state index contributed by atoms with van der Waals surface area (Å²) < 4.78 is 10.5. The number of pyridine rings is 1. The fourth-order valence-electron chi connectivity index (χ4n) is 2.32. The minimum atomic E-state index is -0.0407. The molecular weight excluding hydrogens is 316 g/mol. The number of rotatable bonds is 7. The molecule has 0 atom stereocenters. The molecule has 0 aliphatic rings. The lowest BCUT2D eigenvalue weighted by atomic mass is 10.1. The SMILES string of the molecule is COc1ccc(CCN(C)C(=O)/C=C/c2ccc(C)nc2)cc1OC. The zero-order valence-electron chi connectivity index (χ0n) is 15.2. The zero-order chi connectivity index (χ0) is 18.2. The summed E-state index contributed by atoms with van der Waals surface area (Å²) in [6.07, 6.45) is 5.84. The van der Waals surface area contributed by atoms with Crippen molar-refractivity contribution < 1.29 is 14.3 Å². The van der Waals surface area contributed by atoms with E-state index in [0.717, 1.165) is 23.2 Å². The number of aryl methyl sites for hydroxylation is 1. The number of benzene rings is 1. The van der Waals surface area contributed by atoms with Gasteiger partial charge in [0.1, 0.15) is 0 Å². The molecule has 0 fully saturated rings. The van der Waals surface area contributed by atoms with Crippen molar-refractivity contribution in [3.05, 3.63) is 59.4 Å². The average molecular weight is 340 g/mol. The Balaban J connectivity index is 1.91. The molecule has 0 N–H and O–H groups in total. The first-order valence-corrected chi connectivity index (χ1v) is 8.10. The third-order valence-electron chi connectivity index (χ3n) is 3.91. The van der Waals surface area contributed by atoms with Crippen LogP contribution in [0.25, 0.3) is 6.08 Å². The maximum Gasteiger partial charge on any atom is 0.246 e. The molecule has 0 aliphatic carbocycles. The van der Waals surface area contributed by atoms with Gasteiger partial charge in [-0.1, -0.05) is 12.1 Å². The lowest BCUT2D eigenvalue weighted by molar-refractivity contribution is -0.124. The van der Waals surface area contributed by atoms with E-state index in [9.17, 15) is 4.79 Å². The summed E-state index contributed by atoms with van der Waals surface area (Å²) in [5.74, 6) is 1.35. The molecule has 0 aliphatic heterocycles. The molecule has 1 aromatic carbocycles. The summed E-state index contributed by atoms with van der Waals surface area (Å²) in [6, 6.07) is 9.65. The Bertz CT molecular complexity index is 739. The lowest BCUT2D eigenvalue weighted by Gasteiger charge is -2.16. The van der Waals surface area contributed by atoms with E-state index in [1.54, 1.807) is 44.5 Å². The molecule has 2 rings (SSSR count). The minimum absolute atomic E-state index is 0.0407. The Hall–Kier alpha value is -2.82. The predicted molar refractivity (Wildman–Crippen MR) is 98.9 cm³/mol. The Kier molecular flexibility index (Phi) is 6.57. The number of amides is 1. The van der Waals surface area contributed by atoms with Crippen LogP contribution in [0.5, 0.6) is 11.5 Å². The number of aromatic nitrogens is 1. The third-order valence-corrected chi connectivity index (χ3v) is 3.91. The summed E-state index contributed by atoms with van der Waals surface area (Å²) in [6.45, 7) is 2.55. The Labute approximate surface area is 148 Å². The number of likely N-dealkylation sites (N-methyl/N-ethyl adjacent to an activating group) is 1. The Morgan fingerprint density at radius 1 is 1.16 bits per heavy atom. The number of hydrogen-bond donors (Lipinski definition) is 0. The first-order valence-electron chi connectivity index (χ1n) is 8.10. The van der Waals surface area contributed by atoms with Crippen molar-refractivity contribution in [2.45, 2.75) is 13.3 Å². The van der Waals surface area contributed by atoms with E-state index in [2.05, 4.69) is 4.98 Å². The van der Waals surface area contributed by atoms with E-state index in [1.165, 1.54) is 0 Å². The minimum Gasteiger partial charge on any atom is -0.493 e. The summed E-state index contributed by atoms with van der Waals surface area (Å²) in [5, 5.41) is 0. The number of carbonyl (C=O) groups excluding carboxylic acids is 1. The molecule has 5 nitrogen and oxygen atoms in total. The molecule has 1 amide bonds. The average Bonchev–Trinajstić information content (AvgIpc) is 2.65. The van der Waals surface area contributed by atoms with Gasteiger partial charge in [-0.3, -0.25) is 9.78 Å². The Morgan fingerprint density at radius 2 is 1.92 bits per heavy atom. The van der Waals surface area contributed by atoms with Gasteiger partial charge in [-0.05, 0) is 48.7 Å². The van der Waals surface area contributed by atoms with Crippen molar-refractivity contribution >= 4 is 12.0 Å². The Morgan fingerprint density at radius 3 is 2.56 bits per heavy atom. The van der Waals surface area contributed by atoms with Crippen LogP contribution in [0.4, 0.5) is 0 Å². The summed E-state index contributed by atoms with van der Waals surface area (Å²) in [4.78, 5) is 18.1. The van der Waals surface area contributed by atoms with E-state index in [-0.39, 0.29) is 5.91 Å². The highest BCUT2D eigenvalue weighted by molar-refractivity contribution is 5.91. The monoisotopic (exact) mass is 340 g/mol. The van der Waals surface area contributed by atoms with Crippen LogP contribution in [0.2, 0.25) is 0 Å². The summed E-state index contributed by atoms with van der Waals surface area (Å²) >= 11 is 0. The van der Waals surface area contributed by atoms with Crippen molar-refractivity contribution in [2.75, 3.05) is 27.8 Å². The molecular formula is C20H24N2O3. The van der Waals surface area contributed by atoms with Gasteiger partial charge in [0.25, 0.3) is 0 Å². The van der Waals surface area contributed by atoms with E-state index in [0.29, 0.717) is 18.0 Å². The fourth-order valence-corrected chi connectivity index (χ4v) is 2.32. The molecule has 1 heterocycles. The second-order valence-electron chi connectivity index (χ2n) is 5.77. The lowest BCUT2D eigenvalue weighted by Crippen LogP contribution is -2.27.